The molecule has 4 aliphatic carbocycles. The van der Waals surface area contributed by atoms with Gasteiger partial charge in [0.25, 0.3) is 5.91 Å². The molecule has 0 spiro atoms. The molecule has 2 saturated carbocycles. The van der Waals surface area contributed by atoms with E-state index in [-0.39, 0.29) is 18.4 Å². The topological polar surface area (TPSA) is 207 Å². The average molecular weight is 867 g/mol. The number of fused-ring (bicyclic) bond motifs is 6. The van der Waals surface area contributed by atoms with Gasteiger partial charge in [-0.2, -0.15) is 4.39 Å². The van der Waals surface area contributed by atoms with Crippen LogP contribution in [0.1, 0.15) is 116 Å². The second-order valence-corrected chi connectivity index (χ2v) is 18.6. The highest BCUT2D eigenvalue weighted by atomic mass is 19.1. The van der Waals surface area contributed by atoms with E-state index in [1.807, 2.05) is 20.8 Å². The number of terminal acetylenes is 1. The number of hydrogen-bond donors (Lipinski definition) is 6. The Bertz CT molecular complexity index is 2260. The average Bonchev–Trinajstić information content (AvgIpc) is 3.55. The highest BCUT2D eigenvalue weighted by Crippen LogP contribution is 2.84. The summed E-state index contributed by atoms with van der Waals surface area (Å²) in [5.41, 5.74) is -8.64. The van der Waals surface area contributed by atoms with Gasteiger partial charge in [-0.05, 0) is 43.0 Å². The lowest BCUT2D eigenvalue weighted by Gasteiger charge is -2.54. The number of carbonyl (C=O) groups is 3. The number of hydrogen-bond acceptors (Lipinski definition) is 11. The maximum atomic E-state index is 14.1. The van der Waals surface area contributed by atoms with Crippen molar-refractivity contribution in [3.05, 3.63) is 63.0 Å². The van der Waals surface area contributed by atoms with Gasteiger partial charge in [0.1, 0.15) is 17.3 Å². The number of phenols is 1. The zero-order chi connectivity index (χ0) is 45.6. The number of carbonyl (C=O) groups excluding carboxylic acids is 3. The van der Waals surface area contributed by atoms with Gasteiger partial charge in [0.05, 0.1) is 18.8 Å². The maximum Gasteiger partial charge on any atom is 0.411 e. The summed E-state index contributed by atoms with van der Waals surface area (Å²) in [7, 11) is 0. The maximum absolute atomic E-state index is 14.1. The van der Waals surface area contributed by atoms with E-state index >= 15 is 0 Å². The fourth-order valence-electron chi connectivity index (χ4n) is 11.3. The van der Waals surface area contributed by atoms with Gasteiger partial charge < -0.3 is 40.0 Å². The summed E-state index contributed by atoms with van der Waals surface area (Å²) in [6.07, 6.45) is 15.8. The molecule has 15 heteroatoms. The van der Waals surface area contributed by atoms with Crippen LogP contribution < -0.4 is 10.9 Å². The van der Waals surface area contributed by atoms with E-state index in [0.29, 0.717) is 37.1 Å². The number of nitrogens with zero attached hydrogens (tertiary/aromatic N) is 1. The molecular formula is C47H60F2N2O11. The monoisotopic (exact) mass is 866 g/mol. The summed E-state index contributed by atoms with van der Waals surface area (Å²) >= 11 is 0. The van der Waals surface area contributed by atoms with Gasteiger partial charge >= 0.3 is 11.7 Å². The first kappa shape index (κ1) is 46.9. The first-order chi connectivity index (χ1) is 29.2. The summed E-state index contributed by atoms with van der Waals surface area (Å²) < 4.78 is 39.0. The number of phenolic OH excluding ortho intramolecular Hbond substituents is 1. The molecule has 1 heterocycles. The molecule has 2 aromatic rings. The first-order valence-electron chi connectivity index (χ1n) is 21.7. The van der Waals surface area contributed by atoms with Crippen LogP contribution in [0, 0.1) is 52.6 Å². The Balaban J connectivity index is 0.937. The van der Waals surface area contributed by atoms with Crippen LogP contribution in [0.2, 0.25) is 0 Å². The zero-order valence-electron chi connectivity index (χ0n) is 36.2. The van der Waals surface area contributed by atoms with Crippen molar-refractivity contribution in [1.29, 1.82) is 0 Å². The number of amides is 2. The van der Waals surface area contributed by atoms with Crippen molar-refractivity contribution in [1.82, 2.24) is 10.2 Å². The predicted molar refractivity (Wildman–Crippen MR) is 225 cm³/mol. The molecule has 2 amide bonds. The standard InChI is InChI=1S/C47H60F2N2O11/c1-7-19-51(20-17-15-13-11-9-8-10-12-14-16-18-50-40(56)31-23-30-24-32(48)36(53)35(49)37(30)61-41(31)57)42(58)62-47-39(55)28(3)46(60)33(44(47,6)43(47,4)5)22-29(26-52)25-45(59)34(46)21-27(2)38(45)54/h1,21-24,28,33-34,39,52-53,55,59-60H,8-20,25-26H2,2-6H3,(H,50,56)/t28-,33+,34-,39-,44-,45-,46-,47-/m1/s1. The van der Waals surface area contributed by atoms with Crippen LogP contribution in [-0.2, 0) is 9.53 Å². The summed E-state index contributed by atoms with van der Waals surface area (Å²) in [6, 6.07) is 1.82. The molecule has 1 aromatic heterocycles. The number of benzene rings is 1. The Morgan fingerprint density at radius 3 is 2.21 bits per heavy atom. The van der Waals surface area contributed by atoms with Crippen molar-refractivity contribution in [2.45, 2.75) is 128 Å². The van der Waals surface area contributed by atoms with Crippen molar-refractivity contribution in [3.8, 4) is 18.1 Å². The molecule has 0 saturated heterocycles. The van der Waals surface area contributed by atoms with Crippen LogP contribution in [0.15, 0.2) is 44.6 Å². The number of nitrogens with one attached hydrogen (secondary N) is 1. The lowest BCUT2D eigenvalue weighted by Crippen LogP contribution is -2.67. The van der Waals surface area contributed by atoms with Crippen LogP contribution in [0.25, 0.3) is 11.0 Å². The van der Waals surface area contributed by atoms with Crippen molar-refractivity contribution >= 4 is 28.8 Å². The molecule has 6 N–H and O–H groups in total. The molecule has 0 bridgehead atoms. The van der Waals surface area contributed by atoms with Gasteiger partial charge in [-0.15, -0.1) is 6.42 Å². The molecular weight excluding hydrogens is 807 g/mol. The largest absolute Gasteiger partial charge is 0.503 e. The van der Waals surface area contributed by atoms with E-state index in [4.69, 9.17) is 15.6 Å². The minimum absolute atomic E-state index is 0.00188. The molecule has 2 fully saturated rings. The van der Waals surface area contributed by atoms with E-state index < -0.39 is 110 Å². The highest BCUT2D eigenvalue weighted by molar-refractivity contribution is 6.05. The number of ether oxygens (including phenoxy) is 1. The summed E-state index contributed by atoms with van der Waals surface area (Å²) in [4.78, 5) is 53.5. The number of Topliss-reactive ketones (excluding diaryl/α,β-unsaturated/α-hetero) is 1. The van der Waals surface area contributed by atoms with Crippen molar-refractivity contribution in [2.75, 3.05) is 26.2 Å². The first-order valence-corrected chi connectivity index (χ1v) is 21.7. The third kappa shape index (κ3) is 7.34. The summed E-state index contributed by atoms with van der Waals surface area (Å²) in [6.45, 7) is 9.03. The van der Waals surface area contributed by atoms with E-state index in [0.717, 1.165) is 63.5 Å². The van der Waals surface area contributed by atoms with Crippen molar-refractivity contribution in [2.24, 2.45) is 28.6 Å². The van der Waals surface area contributed by atoms with Gasteiger partial charge in [-0.25, -0.2) is 14.0 Å². The minimum atomic E-state index is -2.00. The van der Waals surface area contributed by atoms with E-state index in [9.17, 15) is 53.5 Å². The summed E-state index contributed by atoms with van der Waals surface area (Å²) in [5.74, 6) is -5.45. The molecule has 0 unspecified atom stereocenters. The van der Waals surface area contributed by atoms with Crippen LogP contribution in [0.5, 0.6) is 5.75 Å². The van der Waals surface area contributed by atoms with Crippen LogP contribution in [-0.4, -0.2) is 97.4 Å². The van der Waals surface area contributed by atoms with E-state index in [1.165, 1.54) is 4.90 Å². The highest BCUT2D eigenvalue weighted by Gasteiger charge is 2.93. The van der Waals surface area contributed by atoms with Gasteiger partial charge in [-0.3, -0.25) is 14.5 Å². The molecule has 62 heavy (non-hydrogen) atoms. The van der Waals surface area contributed by atoms with Gasteiger partial charge in [0, 0.05) is 53.5 Å². The minimum Gasteiger partial charge on any atom is -0.503 e. The molecule has 0 aliphatic heterocycles. The fourth-order valence-corrected chi connectivity index (χ4v) is 11.3. The Morgan fingerprint density at radius 2 is 1.60 bits per heavy atom. The number of ketones is 1. The van der Waals surface area contributed by atoms with Crippen LogP contribution in [0.4, 0.5) is 13.6 Å². The quantitative estimate of drug-likeness (QED) is 0.0484. The van der Waals surface area contributed by atoms with E-state index in [1.54, 1.807) is 26.0 Å². The summed E-state index contributed by atoms with van der Waals surface area (Å²) in [5, 5.41) is 59.0. The number of rotatable bonds is 17. The zero-order valence-corrected chi connectivity index (χ0v) is 36.2. The van der Waals surface area contributed by atoms with Gasteiger partial charge in [0.15, 0.2) is 28.5 Å². The molecule has 338 valence electrons. The number of aliphatic hydroxyl groups is 4. The lowest BCUT2D eigenvalue weighted by molar-refractivity contribution is -0.223. The number of aliphatic hydroxyl groups excluding tert-OH is 2. The number of aromatic hydroxyl groups is 1. The lowest BCUT2D eigenvalue weighted by atomic mass is 9.55. The normalized spacial score (nSPS) is 30.6. The molecule has 8 atom stereocenters. The predicted octanol–water partition coefficient (Wildman–Crippen LogP) is 5.82. The molecule has 1 aromatic carbocycles. The second kappa shape index (κ2) is 17.5. The number of halogens is 2. The van der Waals surface area contributed by atoms with Crippen molar-refractivity contribution < 1.29 is 57.9 Å². The SMILES string of the molecule is C#CCN(CCCCCCCCCCCCNC(=O)c1cc2cc(F)c(O)c(F)c2oc1=O)C(=O)O[C@@]12[C@H](O)[C@@H](C)[C@@]3(O)[C@@H](C=C(CO)C[C@]4(O)C(=O)C(C)=C[C@@H]34)[C@]1(C)C2(C)C. The van der Waals surface area contributed by atoms with Crippen molar-refractivity contribution in [3.63, 3.8) is 0 Å². The second-order valence-electron chi connectivity index (χ2n) is 18.6. The third-order valence-electron chi connectivity index (χ3n) is 15.0. The molecule has 13 nitrogen and oxygen atoms in total. The fraction of sp³-hybridized carbons (Fsp3) is 0.617. The number of unbranched alkanes of at least 4 members (excludes halogenated alkanes) is 9. The molecule has 0 radical (unpaired) electrons. The smallest absolute Gasteiger partial charge is 0.411 e. The van der Waals surface area contributed by atoms with Gasteiger partial charge in [-0.1, -0.05) is 97.1 Å². The van der Waals surface area contributed by atoms with Crippen LogP contribution >= 0.6 is 0 Å². The molecule has 6 rings (SSSR count). The van der Waals surface area contributed by atoms with E-state index in [2.05, 4.69) is 11.2 Å². The molecule has 4 aliphatic rings. The van der Waals surface area contributed by atoms with Gasteiger partial charge in [0.2, 0.25) is 5.82 Å². The Kier molecular flexibility index (Phi) is 13.2. The Labute approximate surface area is 360 Å². The Hall–Kier alpha value is -4.62. The third-order valence-corrected chi connectivity index (χ3v) is 15.0. The van der Waals surface area contributed by atoms with Crippen LogP contribution in [0.3, 0.4) is 0 Å². The Morgan fingerprint density at radius 1 is 0.984 bits per heavy atom.